The molecule has 0 aliphatic carbocycles. The monoisotopic (exact) mass is 283 g/mol. The lowest BCUT2D eigenvalue weighted by molar-refractivity contribution is -0.137. The molecule has 0 spiro atoms. The molecule has 0 radical (unpaired) electrons. The molecule has 0 saturated heterocycles. The first-order valence-corrected chi connectivity index (χ1v) is 5.46. The van der Waals surface area contributed by atoms with E-state index >= 15 is 0 Å². The molecule has 0 fully saturated rings. The fourth-order valence-electron chi connectivity index (χ4n) is 1.07. The van der Waals surface area contributed by atoms with Gasteiger partial charge in [-0.3, -0.25) is 4.79 Å². The zero-order valence-corrected chi connectivity index (χ0v) is 10.3. The van der Waals surface area contributed by atoms with Crippen LogP contribution in [-0.2, 0) is 11.0 Å². The van der Waals surface area contributed by atoms with Crippen LogP contribution in [0.4, 0.5) is 18.9 Å². The molecule has 7 heteroatoms. The first-order valence-electron chi connectivity index (χ1n) is 4.57. The number of hydrogen-bond acceptors (Lipinski definition) is 2. The molecule has 1 atom stereocenters. The van der Waals surface area contributed by atoms with Gasteiger partial charge in [0, 0.05) is 10.7 Å². The topological polar surface area (TPSA) is 29.1 Å². The summed E-state index contributed by atoms with van der Waals surface area (Å²) in [5.41, 5.74) is -0.914. The van der Waals surface area contributed by atoms with Crippen molar-refractivity contribution in [2.75, 3.05) is 5.32 Å². The van der Waals surface area contributed by atoms with Crippen LogP contribution in [0.2, 0.25) is 5.02 Å². The molecule has 1 aromatic carbocycles. The molecule has 0 heterocycles. The van der Waals surface area contributed by atoms with Gasteiger partial charge in [-0.15, -0.1) is 0 Å². The maximum Gasteiger partial charge on any atom is 0.416 e. The van der Waals surface area contributed by atoms with E-state index in [0.717, 1.165) is 12.1 Å². The largest absolute Gasteiger partial charge is 0.416 e. The Hall–Kier alpha value is -0.880. The highest BCUT2D eigenvalue weighted by atomic mass is 35.5. The van der Waals surface area contributed by atoms with Crippen LogP contribution in [0.1, 0.15) is 12.5 Å². The van der Waals surface area contributed by atoms with Crippen LogP contribution >= 0.6 is 24.2 Å². The number of nitrogens with one attached hydrogen (secondary N) is 1. The Kier molecular flexibility index (Phi) is 4.32. The van der Waals surface area contributed by atoms with Crippen molar-refractivity contribution < 1.29 is 18.0 Å². The molecule has 2 nitrogen and oxygen atoms in total. The van der Waals surface area contributed by atoms with Gasteiger partial charge in [0.05, 0.1) is 10.8 Å². The third kappa shape index (κ3) is 4.12. The van der Waals surface area contributed by atoms with E-state index in [1.54, 1.807) is 0 Å². The van der Waals surface area contributed by atoms with E-state index in [-0.39, 0.29) is 10.7 Å². The molecule has 17 heavy (non-hydrogen) atoms. The Morgan fingerprint density at radius 2 is 2.00 bits per heavy atom. The van der Waals surface area contributed by atoms with Gasteiger partial charge in [0.25, 0.3) is 0 Å². The summed E-state index contributed by atoms with van der Waals surface area (Å²) in [5, 5.41) is 1.58. The van der Waals surface area contributed by atoms with Crippen molar-refractivity contribution in [2.24, 2.45) is 0 Å². The Morgan fingerprint density at radius 3 is 2.47 bits per heavy atom. The van der Waals surface area contributed by atoms with Crippen LogP contribution < -0.4 is 5.32 Å². The Labute approximate surface area is 107 Å². The van der Waals surface area contributed by atoms with Crippen molar-refractivity contribution in [3.8, 4) is 0 Å². The average molecular weight is 284 g/mol. The maximum absolute atomic E-state index is 12.5. The van der Waals surface area contributed by atoms with Crippen molar-refractivity contribution in [1.29, 1.82) is 0 Å². The van der Waals surface area contributed by atoms with Crippen molar-refractivity contribution in [3.05, 3.63) is 28.8 Å². The first-order chi connectivity index (χ1) is 7.70. The van der Waals surface area contributed by atoms with Crippen molar-refractivity contribution >= 4 is 35.8 Å². The molecule has 1 aromatic rings. The molecule has 1 N–H and O–H groups in total. The minimum atomic E-state index is -4.50. The summed E-state index contributed by atoms with van der Waals surface area (Å²) in [6.07, 6.45) is -4.50. The second kappa shape index (κ2) is 5.18. The second-order valence-electron chi connectivity index (χ2n) is 3.39. The van der Waals surface area contributed by atoms with Gasteiger partial charge in [0.1, 0.15) is 0 Å². The lowest BCUT2D eigenvalue weighted by atomic mass is 10.2. The number of benzene rings is 1. The van der Waals surface area contributed by atoms with Crippen molar-refractivity contribution in [2.45, 2.75) is 18.3 Å². The smallest absolute Gasteiger partial charge is 0.325 e. The quantitative estimate of drug-likeness (QED) is 0.798. The number of rotatable bonds is 2. The molecule has 0 aliphatic rings. The molecule has 1 amide bonds. The van der Waals surface area contributed by atoms with Gasteiger partial charge in [0.15, 0.2) is 0 Å². The van der Waals surface area contributed by atoms with Crippen LogP contribution in [-0.4, -0.2) is 11.2 Å². The SMILES string of the molecule is CC(S)C(=O)Nc1cc(Cl)cc(C(F)(F)F)c1. The molecule has 0 aromatic heterocycles. The molecular weight excluding hydrogens is 275 g/mol. The Morgan fingerprint density at radius 1 is 1.41 bits per heavy atom. The fourth-order valence-corrected chi connectivity index (χ4v) is 1.37. The van der Waals surface area contributed by atoms with E-state index in [1.165, 1.54) is 13.0 Å². The Balaban J connectivity index is 3.02. The lowest BCUT2D eigenvalue weighted by Gasteiger charge is -2.11. The highest BCUT2D eigenvalue weighted by Crippen LogP contribution is 2.33. The highest BCUT2D eigenvalue weighted by Gasteiger charge is 2.31. The summed E-state index contributed by atoms with van der Waals surface area (Å²) in [4.78, 5) is 11.3. The number of anilines is 1. The van der Waals surface area contributed by atoms with E-state index in [2.05, 4.69) is 17.9 Å². The summed E-state index contributed by atoms with van der Waals surface area (Å²) >= 11 is 9.41. The van der Waals surface area contributed by atoms with Crippen molar-refractivity contribution in [3.63, 3.8) is 0 Å². The number of amides is 1. The van der Waals surface area contributed by atoms with E-state index in [4.69, 9.17) is 11.6 Å². The number of alkyl halides is 3. The van der Waals surface area contributed by atoms with Crippen LogP contribution in [0, 0.1) is 0 Å². The van der Waals surface area contributed by atoms with Crippen LogP contribution in [0.3, 0.4) is 0 Å². The minimum Gasteiger partial charge on any atom is -0.325 e. The van der Waals surface area contributed by atoms with E-state index in [1.807, 2.05) is 0 Å². The summed E-state index contributed by atoms with van der Waals surface area (Å²) in [6.45, 7) is 1.51. The van der Waals surface area contributed by atoms with Crippen LogP contribution in [0.25, 0.3) is 0 Å². The predicted octanol–water partition coefficient (Wildman–Crippen LogP) is 3.62. The molecule has 1 unspecified atom stereocenters. The third-order valence-corrected chi connectivity index (χ3v) is 2.32. The summed E-state index contributed by atoms with van der Waals surface area (Å²) in [5.74, 6) is -0.497. The summed E-state index contributed by atoms with van der Waals surface area (Å²) in [7, 11) is 0. The average Bonchev–Trinajstić information content (AvgIpc) is 2.15. The second-order valence-corrected chi connectivity index (χ2v) is 4.60. The molecule has 1 rings (SSSR count). The number of hydrogen-bond donors (Lipinski definition) is 2. The van der Waals surface area contributed by atoms with Gasteiger partial charge in [0.2, 0.25) is 5.91 Å². The normalized spacial score (nSPS) is 13.3. The van der Waals surface area contributed by atoms with E-state index < -0.39 is 22.9 Å². The molecule has 0 bridgehead atoms. The van der Waals surface area contributed by atoms with Gasteiger partial charge in [-0.2, -0.15) is 25.8 Å². The van der Waals surface area contributed by atoms with E-state index in [0.29, 0.717) is 0 Å². The van der Waals surface area contributed by atoms with Gasteiger partial charge in [-0.1, -0.05) is 11.6 Å². The van der Waals surface area contributed by atoms with Crippen molar-refractivity contribution in [1.82, 2.24) is 0 Å². The van der Waals surface area contributed by atoms with Crippen LogP contribution in [0.5, 0.6) is 0 Å². The minimum absolute atomic E-state index is 0.00396. The predicted molar refractivity (Wildman–Crippen MR) is 63.5 cm³/mol. The van der Waals surface area contributed by atoms with Crippen LogP contribution in [0.15, 0.2) is 18.2 Å². The standard InChI is InChI=1S/C10H9ClF3NOS/c1-5(17)9(16)15-8-3-6(10(12,13)14)2-7(11)4-8/h2-5,17H,1H3,(H,15,16). The molecule has 94 valence electrons. The molecular formula is C10H9ClF3NOS. The number of thiol groups is 1. The van der Waals surface area contributed by atoms with Gasteiger partial charge < -0.3 is 5.32 Å². The fraction of sp³-hybridized carbons (Fsp3) is 0.300. The first kappa shape index (κ1) is 14.2. The Bertz CT molecular complexity index is 434. The highest BCUT2D eigenvalue weighted by molar-refractivity contribution is 7.81. The number of halogens is 4. The zero-order valence-electron chi connectivity index (χ0n) is 8.68. The summed E-state index contributed by atoms with van der Waals surface area (Å²) < 4.78 is 37.4. The number of carbonyl (C=O) groups is 1. The summed E-state index contributed by atoms with van der Waals surface area (Å²) in [6, 6.07) is 2.85. The molecule has 0 aliphatic heterocycles. The third-order valence-electron chi connectivity index (χ3n) is 1.87. The maximum atomic E-state index is 12.5. The van der Waals surface area contributed by atoms with Gasteiger partial charge in [-0.05, 0) is 25.1 Å². The molecule has 0 saturated carbocycles. The van der Waals surface area contributed by atoms with E-state index in [9.17, 15) is 18.0 Å². The lowest BCUT2D eigenvalue weighted by Crippen LogP contribution is -2.20. The van der Waals surface area contributed by atoms with Gasteiger partial charge in [-0.25, -0.2) is 0 Å². The number of carbonyl (C=O) groups excluding carboxylic acids is 1. The zero-order chi connectivity index (χ0) is 13.2. The van der Waals surface area contributed by atoms with Gasteiger partial charge >= 0.3 is 6.18 Å².